The Morgan fingerprint density at radius 3 is 2.00 bits per heavy atom. The Balaban J connectivity index is 1.43. The highest BCUT2D eigenvalue weighted by molar-refractivity contribution is 5.95. The quantitative estimate of drug-likeness (QED) is 0.243. The zero-order chi connectivity index (χ0) is 27.8. The summed E-state index contributed by atoms with van der Waals surface area (Å²) in [6, 6.07) is 38.7. The van der Waals surface area contributed by atoms with Gasteiger partial charge in [0.25, 0.3) is 0 Å². The topological polar surface area (TPSA) is 63.8 Å². The van der Waals surface area contributed by atoms with Crippen molar-refractivity contribution in [2.24, 2.45) is 7.05 Å². The number of aromatic hydroxyl groups is 1. The normalized spacial score (nSPS) is 11.1. The predicted octanol–water partition coefficient (Wildman–Crippen LogP) is 8.40. The van der Waals surface area contributed by atoms with Crippen molar-refractivity contribution in [2.45, 2.75) is 0 Å². The Morgan fingerprint density at radius 1 is 0.585 bits per heavy atom. The molecule has 41 heavy (non-hydrogen) atoms. The van der Waals surface area contributed by atoms with Gasteiger partial charge in [0.15, 0.2) is 0 Å². The van der Waals surface area contributed by atoms with Crippen LogP contribution in [0.15, 0.2) is 134 Å². The summed E-state index contributed by atoms with van der Waals surface area (Å²) in [5.74, 6) is 0.877. The number of rotatable bonds is 5. The van der Waals surface area contributed by atoms with E-state index in [2.05, 4.69) is 65.6 Å². The van der Waals surface area contributed by atoms with E-state index in [1.54, 1.807) is 6.07 Å². The van der Waals surface area contributed by atoms with Crippen LogP contribution in [0.1, 0.15) is 0 Å². The minimum atomic E-state index is 0.193. The van der Waals surface area contributed by atoms with Crippen LogP contribution in [0.3, 0.4) is 0 Å². The summed E-state index contributed by atoms with van der Waals surface area (Å²) in [5.41, 5.74) is 10.7. The molecule has 1 N–H and O–H groups in total. The number of hydrogen-bond acceptors (Lipinski definition) is 4. The minimum absolute atomic E-state index is 0.193. The molecular weight excluding hydrogens is 504 g/mol. The van der Waals surface area contributed by atoms with Gasteiger partial charge in [-0.05, 0) is 70.3 Å². The molecule has 7 aromatic rings. The third-order valence-electron chi connectivity index (χ3n) is 7.45. The second-order valence-corrected chi connectivity index (χ2v) is 10.0. The average molecular weight is 531 g/mol. The van der Waals surface area contributed by atoms with E-state index >= 15 is 0 Å². The Morgan fingerprint density at radius 2 is 1.24 bits per heavy atom. The molecule has 0 aliphatic heterocycles. The molecule has 0 amide bonds. The van der Waals surface area contributed by atoms with Crippen molar-refractivity contribution in [3.05, 3.63) is 134 Å². The predicted molar refractivity (Wildman–Crippen MR) is 165 cm³/mol. The second kappa shape index (κ2) is 10.2. The third-order valence-corrected chi connectivity index (χ3v) is 7.45. The Bertz CT molecular complexity index is 2010. The summed E-state index contributed by atoms with van der Waals surface area (Å²) >= 11 is 0. The molecule has 0 fully saturated rings. The first kappa shape index (κ1) is 24.5. The minimum Gasteiger partial charge on any atom is -0.507 e. The van der Waals surface area contributed by atoms with E-state index in [0.29, 0.717) is 11.4 Å². The first-order chi connectivity index (χ1) is 20.2. The number of imidazole rings is 1. The average Bonchev–Trinajstić information content (AvgIpc) is 3.38. The van der Waals surface area contributed by atoms with E-state index in [-0.39, 0.29) is 5.75 Å². The molecule has 0 atom stereocenters. The van der Waals surface area contributed by atoms with Crippen LogP contribution in [0, 0.1) is 0 Å². The standard InChI is InChI=1S/C36H26N4O/c1-40-33-23-37-22-31(35(33)39-36(40)30-14-8-9-15-34(30)41)28-18-27(25-12-6-3-7-13-25)19-29(20-28)32-21-26(16-17-38-32)24-10-4-2-5-11-24/h2-23,41H,1H3. The van der Waals surface area contributed by atoms with Crippen molar-refractivity contribution in [3.63, 3.8) is 0 Å². The monoisotopic (exact) mass is 530 g/mol. The van der Waals surface area contributed by atoms with E-state index < -0.39 is 0 Å². The van der Waals surface area contributed by atoms with Gasteiger partial charge in [-0.15, -0.1) is 0 Å². The lowest BCUT2D eigenvalue weighted by atomic mass is 9.94. The second-order valence-electron chi connectivity index (χ2n) is 10.0. The molecule has 7 rings (SSSR count). The zero-order valence-electron chi connectivity index (χ0n) is 22.4. The number of benzene rings is 4. The largest absolute Gasteiger partial charge is 0.507 e. The number of pyridine rings is 2. The lowest BCUT2D eigenvalue weighted by Crippen LogP contribution is -1.93. The van der Waals surface area contributed by atoms with Gasteiger partial charge in [-0.2, -0.15) is 0 Å². The number of phenols is 1. The molecule has 0 aliphatic carbocycles. The molecule has 0 aliphatic rings. The summed E-state index contributed by atoms with van der Waals surface area (Å²) in [6.07, 6.45) is 5.56. The maximum Gasteiger partial charge on any atom is 0.144 e. The van der Waals surface area contributed by atoms with Crippen LogP contribution in [0.2, 0.25) is 0 Å². The number of para-hydroxylation sites is 1. The fourth-order valence-corrected chi connectivity index (χ4v) is 5.34. The van der Waals surface area contributed by atoms with Gasteiger partial charge in [-0.1, -0.05) is 72.8 Å². The highest BCUT2D eigenvalue weighted by atomic mass is 16.3. The van der Waals surface area contributed by atoms with Gasteiger partial charge in [0, 0.05) is 30.6 Å². The van der Waals surface area contributed by atoms with Gasteiger partial charge in [0.2, 0.25) is 0 Å². The van der Waals surface area contributed by atoms with Crippen molar-refractivity contribution in [1.29, 1.82) is 0 Å². The van der Waals surface area contributed by atoms with Crippen LogP contribution in [0.4, 0.5) is 0 Å². The summed E-state index contributed by atoms with van der Waals surface area (Å²) < 4.78 is 1.98. The van der Waals surface area contributed by atoms with Crippen LogP contribution in [0.5, 0.6) is 5.75 Å². The fourth-order valence-electron chi connectivity index (χ4n) is 5.34. The highest BCUT2D eigenvalue weighted by Crippen LogP contribution is 2.37. The first-order valence-electron chi connectivity index (χ1n) is 13.5. The highest BCUT2D eigenvalue weighted by Gasteiger charge is 2.18. The van der Waals surface area contributed by atoms with E-state index in [4.69, 9.17) is 9.97 Å². The molecule has 4 aromatic carbocycles. The molecule has 0 radical (unpaired) electrons. The number of aryl methyl sites for hydroxylation is 1. The summed E-state index contributed by atoms with van der Waals surface area (Å²) in [4.78, 5) is 14.4. The molecule has 3 heterocycles. The van der Waals surface area contributed by atoms with Crippen LogP contribution < -0.4 is 0 Å². The van der Waals surface area contributed by atoms with Gasteiger partial charge in [0.1, 0.15) is 17.1 Å². The smallest absolute Gasteiger partial charge is 0.144 e. The zero-order valence-corrected chi connectivity index (χ0v) is 22.4. The van der Waals surface area contributed by atoms with E-state index in [1.807, 2.05) is 78.7 Å². The number of aromatic nitrogens is 4. The third kappa shape index (κ3) is 4.53. The molecule has 5 heteroatoms. The van der Waals surface area contributed by atoms with Gasteiger partial charge in [-0.25, -0.2) is 4.98 Å². The Hall–Kier alpha value is -5.55. The lowest BCUT2D eigenvalue weighted by Gasteiger charge is -2.12. The lowest BCUT2D eigenvalue weighted by molar-refractivity contribution is 0.476. The van der Waals surface area contributed by atoms with Crippen molar-refractivity contribution in [2.75, 3.05) is 0 Å². The number of fused-ring (bicyclic) bond motifs is 1. The number of phenolic OH excluding ortho intramolecular Hbond substituents is 1. The van der Waals surface area contributed by atoms with Gasteiger partial charge < -0.3 is 9.67 Å². The Labute approximate surface area is 238 Å². The summed E-state index contributed by atoms with van der Waals surface area (Å²) in [5, 5.41) is 10.6. The molecule has 0 spiro atoms. The van der Waals surface area contributed by atoms with Crippen molar-refractivity contribution in [3.8, 4) is 61.8 Å². The SMILES string of the molecule is Cn1c(-c2ccccc2O)nc2c(-c3cc(-c4ccccc4)cc(-c4cc(-c5ccccc5)ccn4)c3)cncc21. The fraction of sp³-hybridized carbons (Fsp3) is 0.0278. The van der Waals surface area contributed by atoms with Crippen LogP contribution in [-0.2, 0) is 7.05 Å². The van der Waals surface area contributed by atoms with Crippen molar-refractivity contribution >= 4 is 11.0 Å². The summed E-state index contributed by atoms with van der Waals surface area (Å²) in [7, 11) is 1.95. The maximum atomic E-state index is 10.6. The van der Waals surface area contributed by atoms with Crippen LogP contribution >= 0.6 is 0 Å². The molecule has 0 saturated carbocycles. The maximum absolute atomic E-state index is 10.6. The van der Waals surface area contributed by atoms with E-state index in [1.165, 1.54) is 0 Å². The van der Waals surface area contributed by atoms with E-state index in [0.717, 1.165) is 55.7 Å². The van der Waals surface area contributed by atoms with Crippen molar-refractivity contribution in [1.82, 2.24) is 19.5 Å². The molecular formula is C36H26N4O. The van der Waals surface area contributed by atoms with Gasteiger partial charge in [0.05, 0.1) is 23.0 Å². The first-order valence-corrected chi connectivity index (χ1v) is 13.5. The molecule has 0 bridgehead atoms. The molecule has 0 saturated heterocycles. The Kier molecular flexibility index (Phi) is 6.10. The summed E-state index contributed by atoms with van der Waals surface area (Å²) in [6.45, 7) is 0. The van der Waals surface area contributed by atoms with E-state index in [9.17, 15) is 5.11 Å². The molecule has 196 valence electrons. The van der Waals surface area contributed by atoms with Crippen molar-refractivity contribution < 1.29 is 5.11 Å². The molecule has 3 aromatic heterocycles. The number of hydrogen-bond donors (Lipinski definition) is 1. The van der Waals surface area contributed by atoms with Crippen LogP contribution in [-0.4, -0.2) is 24.6 Å². The molecule has 0 unspecified atom stereocenters. The molecule has 5 nitrogen and oxygen atoms in total. The van der Waals surface area contributed by atoms with Crippen LogP contribution in [0.25, 0.3) is 67.1 Å². The number of nitrogens with zero attached hydrogens (tertiary/aromatic N) is 4. The van der Waals surface area contributed by atoms with Gasteiger partial charge >= 0.3 is 0 Å². The van der Waals surface area contributed by atoms with Gasteiger partial charge in [-0.3, -0.25) is 9.97 Å².